The van der Waals surface area contributed by atoms with Gasteiger partial charge in [0.25, 0.3) is 5.91 Å². The van der Waals surface area contributed by atoms with Gasteiger partial charge < -0.3 is 15.4 Å². The van der Waals surface area contributed by atoms with E-state index in [4.69, 9.17) is 26.2 Å². The van der Waals surface area contributed by atoms with Crippen molar-refractivity contribution < 1.29 is 24.0 Å². The fraction of sp³-hybridized carbons (Fsp3) is 0.208. The van der Waals surface area contributed by atoms with Crippen LogP contribution in [0.2, 0.25) is 0 Å². The molecule has 0 saturated carbocycles. The van der Waals surface area contributed by atoms with Crippen molar-refractivity contribution in [3.63, 3.8) is 0 Å². The highest BCUT2D eigenvalue weighted by Crippen LogP contribution is 2.43. The molecule has 310 valence electrons. The van der Waals surface area contributed by atoms with Crippen molar-refractivity contribution in [1.29, 1.82) is 0 Å². The number of β-lactam (4-membered cyclic amide) rings is 1. The van der Waals surface area contributed by atoms with E-state index in [-0.39, 0.29) is 30.0 Å². The number of ether oxygens (including phenoxy) is 1. The van der Waals surface area contributed by atoms with E-state index < -0.39 is 45.6 Å². The number of carbonyl (C=O) groups is 3. The van der Waals surface area contributed by atoms with E-state index in [0.717, 1.165) is 27.8 Å². The molecule has 0 radical (unpaired) electrons. The highest BCUT2D eigenvalue weighted by molar-refractivity contribution is 8.05. The number of fused-ring (bicyclic) bond motifs is 1. The zero-order valence-electron chi connectivity index (χ0n) is 33.5. The molecule has 2 N–H and O–H groups in total. The van der Waals surface area contributed by atoms with Crippen LogP contribution in [0.5, 0.6) is 0 Å². The van der Waals surface area contributed by atoms with Crippen LogP contribution in [-0.2, 0) is 40.2 Å². The van der Waals surface area contributed by atoms with E-state index in [1.807, 2.05) is 135 Å². The molecule has 10 nitrogen and oxygen atoms in total. The monoisotopic (exact) mass is 869 g/mol. The molecule has 1 fully saturated rings. The smallest absolute Gasteiger partial charge is 0.356 e. The molecule has 1 saturated heterocycles. The number of thioether (sulfide) groups is 1. The SMILES string of the molecule is CC(C)O/N=S1\C=C(CC(=O)NC2C(=O)N3C(C(=O)OC(c4ccccc4)c4ccccc4)=C(CCl)CSC23)NC1=NC(c1ccccc1)(c1ccccc1)c1ccccc1. The molecular formula is C48H44ClN5O5S2. The zero-order valence-corrected chi connectivity index (χ0v) is 35.9. The molecule has 5 aromatic rings. The van der Waals surface area contributed by atoms with Gasteiger partial charge in [-0.3, -0.25) is 14.5 Å². The first-order chi connectivity index (χ1) is 29.8. The van der Waals surface area contributed by atoms with E-state index in [1.165, 1.54) is 16.7 Å². The molecule has 61 heavy (non-hydrogen) atoms. The van der Waals surface area contributed by atoms with Crippen LogP contribution in [0, 0.1) is 0 Å². The van der Waals surface area contributed by atoms with Crippen LogP contribution in [0.3, 0.4) is 0 Å². The highest BCUT2D eigenvalue weighted by Gasteiger charge is 2.54. The van der Waals surface area contributed by atoms with Gasteiger partial charge in [-0.2, -0.15) is 0 Å². The minimum absolute atomic E-state index is 0.0453. The summed E-state index contributed by atoms with van der Waals surface area (Å²) in [5, 5.41) is 8.23. The van der Waals surface area contributed by atoms with Gasteiger partial charge in [-0.25, -0.2) is 14.6 Å². The summed E-state index contributed by atoms with van der Waals surface area (Å²) in [6, 6.07) is 48.3. The third kappa shape index (κ3) is 8.85. The Morgan fingerprint density at radius 3 is 1.84 bits per heavy atom. The summed E-state index contributed by atoms with van der Waals surface area (Å²) in [7, 11) is -1.01. The van der Waals surface area contributed by atoms with Crippen molar-refractivity contribution in [1.82, 2.24) is 15.5 Å². The van der Waals surface area contributed by atoms with Gasteiger partial charge in [0.2, 0.25) is 5.91 Å². The number of esters is 1. The van der Waals surface area contributed by atoms with Gasteiger partial charge in [-0.1, -0.05) is 156 Å². The summed E-state index contributed by atoms with van der Waals surface area (Å²) < 4.78 is 10.8. The van der Waals surface area contributed by atoms with Crippen molar-refractivity contribution in [2.75, 3.05) is 11.6 Å². The summed E-state index contributed by atoms with van der Waals surface area (Å²) in [6.07, 6.45) is -0.973. The Balaban J connectivity index is 1.03. The third-order valence-electron chi connectivity index (χ3n) is 10.4. The van der Waals surface area contributed by atoms with Crippen LogP contribution in [0.25, 0.3) is 0 Å². The number of rotatable bonds is 14. The Labute approximate surface area is 367 Å². The third-order valence-corrected chi connectivity index (χ3v) is 13.4. The van der Waals surface area contributed by atoms with E-state index in [1.54, 1.807) is 0 Å². The number of benzene rings is 5. The maximum absolute atomic E-state index is 14.1. The van der Waals surface area contributed by atoms with E-state index in [0.29, 0.717) is 22.2 Å². The second-order valence-corrected chi connectivity index (χ2v) is 17.6. The van der Waals surface area contributed by atoms with Gasteiger partial charge in [0.05, 0.1) is 12.5 Å². The first-order valence-electron chi connectivity index (χ1n) is 19.9. The average Bonchev–Trinajstić information content (AvgIpc) is 3.69. The lowest BCUT2D eigenvalue weighted by Gasteiger charge is -2.49. The first kappa shape index (κ1) is 41.9. The summed E-state index contributed by atoms with van der Waals surface area (Å²) in [6.45, 7) is 3.80. The van der Waals surface area contributed by atoms with Gasteiger partial charge in [-0.05, 0) is 47.2 Å². The molecule has 3 atom stereocenters. The molecule has 3 heterocycles. The standard InChI is InChI=1S/C48H44ClN5O5S2/c1-32(2)59-53-61-31-39(50-47(61)52-48(36-22-12-5-13-23-36,37-24-14-6-15-25-37)38-26-16-7-17-27-38)28-40(55)51-41-44(56)54-42(35(29-49)30-60-45(41)54)46(57)58-43(33-18-8-3-9-19-33)34-20-10-4-11-21-34/h3-27,31-32,41,43,45H,28-30H2,1-2H3,(H,50,52)(H,51,55). The second-order valence-electron chi connectivity index (χ2n) is 14.9. The summed E-state index contributed by atoms with van der Waals surface area (Å²) >= 11 is 7.82. The molecule has 3 aliphatic heterocycles. The van der Waals surface area contributed by atoms with Crippen LogP contribution in [-0.4, -0.2) is 57.0 Å². The quantitative estimate of drug-likeness (QED) is 0.0378. The molecule has 5 aromatic carbocycles. The number of hydrogen-bond donors (Lipinski definition) is 2. The molecule has 8 rings (SSSR count). The van der Waals surface area contributed by atoms with Crippen molar-refractivity contribution in [2.45, 2.75) is 49.4 Å². The number of hydrogen-bond acceptors (Lipinski definition) is 8. The van der Waals surface area contributed by atoms with Gasteiger partial charge in [0.1, 0.15) is 22.7 Å². The number of aliphatic imine (C=N–C) groups is 1. The Morgan fingerprint density at radius 1 is 0.836 bits per heavy atom. The van der Waals surface area contributed by atoms with Crippen LogP contribution in [0.4, 0.5) is 0 Å². The number of amides is 2. The second kappa shape index (κ2) is 18.9. The Hall–Kier alpha value is -5.79. The average molecular weight is 870 g/mol. The van der Waals surface area contributed by atoms with Gasteiger partial charge >= 0.3 is 5.97 Å². The molecule has 3 aliphatic rings. The molecule has 3 unspecified atom stereocenters. The first-order valence-corrected chi connectivity index (χ1v) is 22.8. The normalized spacial score (nSPS) is 19.4. The predicted octanol–water partition coefficient (Wildman–Crippen LogP) is 8.54. The zero-order chi connectivity index (χ0) is 42.3. The van der Waals surface area contributed by atoms with E-state index >= 15 is 0 Å². The summed E-state index contributed by atoms with van der Waals surface area (Å²) in [4.78, 5) is 54.6. The van der Waals surface area contributed by atoms with Crippen LogP contribution in [0.15, 0.2) is 184 Å². The topological polar surface area (TPSA) is 122 Å². The highest BCUT2D eigenvalue weighted by atomic mass is 35.5. The van der Waals surface area contributed by atoms with E-state index in [2.05, 4.69) is 51.6 Å². The Bertz CT molecular complexity index is 2370. The number of alkyl halides is 1. The molecule has 0 aromatic heterocycles. The summed E-state index contributed by atoms with van der Waals surface area (Å²) in [5.74, 6) is -0.999. The van der Waals surface area contributed by atoms with Gasteiger partial charge in [0, 0.05) is 33.4 Å². The maximum atomic E-state index is 14.1. The Kier molecular flexibility index (Phi) is 13.0. The fourth-order valence-electron chi connectivity index (χ4n) is 7.56. The van der Waals surface area contributed by atoms with Crippen molar-refractivity contribution in [2.24, 2.45) is 9.52 Å². The largest absolute Gasteiger partial charge is 0.448 e. The molecule has 0 spiro atoms. The number of carbonyl (C=O) groups excluding carboxylic acids is 3. The van der Waals surface area contributed by atoms with Crippen LogP contribution in [0.1, 0.15) is 54.2 Å². The summed E-state index contributed by atoms with van der Waals surface area (Å²) in [5.41, 5.74) is 4.73. The van der Waals surface area contributed by atoms with Gasteiger partial charge in [0.15, 0.2) is 11.3 Å². The number of halogens is 1. The molecule has 13 heteroatoms. The maximum Gasteiger partial charge on any atom is 0.356 e. The fourth-order valence-corrected chi connectivity index (χ4v) is 10.6. The van der Waals surface area contributed by atoms with Gasteiger partial charge in [-0.15, -0.1) is 23.4 Å². The number of amidine groups is 1. The lowest BCUT2D eigenvalue weighted by molar-refractivity contribution is -0.154. The molecular weight excluding hydrogens is 826 g/mol. The minimum atomic E-state index is -1.01. The molecule has 2 amide bonds. The lowest BCUT2D eigenvalue weighted by Crippen LogP contribution is -2.70. The molecule has 0 aliphatic carbocycles. The number of nitrogens with zero attached hydrogens (tertiary/aromatic N) is 3. The van der Waals surface area contributed by atoms with Crippen molar-refractivity contribution >= 4 is 57.0 Å². The molecule has 0 bridgehead atoms. The van der Waals surface area contributed by atoms with E-state index in [9.17, 15) is 14.4 Å². The number of nitrogens with one attached hydrogen (secondary N) is 2. The minimum Gasteiger partial charge on any atom is -0.448 e. The van der Waals surface area contributed by atoms with Crippen LogP contribution < -0.4 is 10.6 Å². The predicted molar refractivity (Wildman–Crippen MR) is 242 cm³/mol. The lowest BCUT2D eigenvalue weighted by atomic mass is 9.77. The van der Waals surface area contributed by atoms with Crippen LogP contribution >= 0.6 is 23.4 Å². The van der Waals surface area contributed by atoms with Crippen molar-refractivity contribution in [3.05, 3.63) is 202 Å². The van der Waals surface area contributed by atoms with Crippen molar-refractivity contribution in [3.8, 4) is 0 Å². The Morgan fingerprint density at radius 2 is 1.34 bits per heavy atom.